The van der Waals surface area contributed by atoms with Gasteiger partial charge in [-0.2, -0.15) is 0 Å². The number of rotatable bonds is 2. The Bertz CT molecular complexity index is 436. The molecule has 1 aliphatic carbocycles. The molecule has 1 aliphatic rings. The summed E-state index contributed by atoms with van der Waals surface area (Å²) in [5.41, 5.74) is 12.1. The van der Waals surface area contributed by atoms with Gasteiger partial charge in [-0.15, -0.1) is 0 Å². The molecule has 0 heterocycles. The molecule has 14 heavy (non-hydrogen) atoms. The summed E-state index contributed by atoms with van der Waals surface area (Å²) < 4.78 is 0. The molecule has 0 saturated carbocycles. The molecule has 2 bridgehead atoms. The monoisotopic (exact) mass is 188 g/mol. The van der Waals surface area contributed by atoms with E-state index in [-0.39, 0.29) is 11.1 Å². The highest BCUT2D eigenvalue weighted by Gasteiger charge is 2.25. The van der Waals surface area contributed by atoms with Gasteiger partial charge < -0.3 is 11.5 Å². The predicted molar refractivity (Wildman–Crippen MR) is 51.6 cm³/mol. The highest BCUT2D eigenvalue weighted by Crippen LogP contribution is 2.33. The van der Waals surface area contributed by atoms with Crippen LogP contribution in [-0.4, -0.2) is 11.8 Å². The van der Waals surface area contributed by atoms with Gasteiger partial charge in [-0.05, 0) is 17.2 Å². The number of nitrogens with two attached hydrogens (primary N) is 2. The maximum absolute atomic E-state index is 11.1. The highest BCUT2D eigenvalue weighted by atomic mass is 16.2. The zero-order valence-corrected chi connectivity index (χ0v) is 7.28. The Hall–Kier alpha value is -2.10. The summed E-state index contributed by atoms with van der Waals surface area (Å²) in [6.07, 6.45) is 0. The lowest BCUT2D eigenvalue weighted by atomic mass is 10.1. The summed E-state index contributed by atoms with van der Waals surface area (Å²) in [4.78, 5) is 22.2. The van der Waals surface area contributed by atoms with E-state index in [4.69, 9.17) is 11.5 Å². The van der Waals surface area contributed by atoms with Gasteiger partial charge in [-0.25, -0.2) is 0 Å². The maximum Gasteiger partial charge on any atom is 0.250 e. The van der Waals surface area contributed by atoms with Crippen molar-refractivity contribution < 1.29 is 9.59 Å². The number of hydrogen-bond donors (Lipinski definition) is 2. The van der Waals surface area contributed by atoms with Crippen molar-refractivity contribution in [3.05, 3.63) is 35.4 Å². The first-order valence-corrected chi connectivity index (χ1v) is 4.06. The standard InChI is InChI=1S/C10H8N2O2/c11-9(13)7-5-2-1-3-6(4-5)8(7)10(12)14/h1-4H,(H2,11,13)(H2,12,14). The van der Waals surface area contributed by atoms with Crippen LogP contribution in [0, 0.1) is 0 Å². The van der Waals surface area contributed by atoms with E-state index >= 15 is 0 Å². The number of benzene rings is 1. The van der Waals surface area contributed by atoms with Crippen LogP contribution < -0.4 is 11.5 Å². The third-order valence-electron chi connectivity index (χ3n) is 2.18. The average Bonchev–Trinajstić information content (AvgIpc) is 2.37. The maximum atomic E-state index is 11.1. The molecular formula is C10H8N2O2. The topological polar surface area (TPSA) is 86.2 Å². The Morgan fingerprint density at radius 1 is 0.929 bits per heavy atom. The zero-order chi connectivity index (χ0) is 10.3. The number of fused-ring (bicyclic) bond motifs is 2. The number of primary amides is 2. The second-order valence-corrected chi connectivity index (χ2v) is 3.06. The third kappa shape index (κ3) is 1.01. The molecule has 4 N–H and O–H groups in total. The van der Waals surface area contributed by atoms with Crippen molar-refractivity contribution in [3.63, 3.8) is 0 Å². The summed E-state index contributed by atoms with van der Waals surface area (Å²) >= 11 is 0. The van der Waals surface area contributed by atoms with Gasteiger partial charge in [0.05, 0.1) is 11.1 Å². The lowest BCUT2D eigenvalue weighted by Gasteiger charge is -2.00. The van der Waals surface area contributed by atoms with E-state index in [1.165, 1.54) is 0 Å². The Labute approximate surface area is 80.2 Å². The molecule has 2 amide bonds. The average molecular weight is 188 g/mol. The van der Waals surface area contributed by atoms with E-state index in [1.807, 2.05) is 0 Å². The summed E-state index contributed by atoms with van der Waals surface area (Å²) in [5.74, 6) is -1.25. The van der Waals surface area contributed by atoms with E-state index in [0.717, 1.165) is 0 Å². The van der Waals surface area contributed by atoms with Crippen LogP contribution in [0.15, 0.2) is 24.3 Å². The van der Waals surface area contributed by atoms with Crippen molar-refractivity contribution in [2.24, 2.45) is 11.5 Å². The summed E-state index contributed by atoms with van der Waals surface area (Å²) in [6, 6.07) is 6.92. The van der Waals surface area contributed by atoms with Crippen LogP contribution in [0.25, 0.3) is 11.1 Å². The van der Waals surface area contributed by atoms with Crippen LogP contribution in [0.5, 0.6) is 0 Å². The fourth-order valence-corrected chi connectivity index (χ4v) is 1.65. The Balaban J connectivity index is 2.72. The number of hydrogen-bond acceptors (Lipinski definition) is 2. The van der Waals surface area contributed by atoms with Crippen LogP contribution >= 0.6 is 0 Å². The largest absolute Gasteiger partial charge is 0.366 e. The highest BCUT2D eigenvalue weighted by molar-refractivity contribution is 6.40. The van der Waals surface area contributed by atoms with Crippen LogP contribution in [0.2, 0.25) is 0 Å². The van der Waals surface area contributed by atoms with Crippen LogP contribution in [0.3, 0.4) is 0 Å². The van der Waals surface area contributed by atoms with Gasteiger partial charge in [0.1, 0.15) is 0 Å². The summed E-state index contributed by atoms with van der Waals surface area (Å²) in [7, 11) is 0. The van der Waals surface area contributed by atoms with E-state index in [9.17, 15) is 9.59 Å². The lowest BCUT2D eigenvalue weighted by Crippen LogP contribution is -2.18. The molecule has 70 valence electrons. The Kier molecular flexibility index (Phi) is 1.64. The van der Waals surface area contributed by atoms with Crippen molar-refractivity contribution in [1.82, 2.24) is 0 Å². The lowest BCUT2D eigenvalue weighted by molar-refractivity contribution is -0.114. The van der Waals surface area contributed by atoms with Gasteiger partial charge in [0.2, 0.25) is 11.8 Å². The minimum absolute atomic E-state index is 0.220. The first kappa shape index (κ1) is 8.50. The van der Waals surface area contributed by atoms with Crippen LogP contribution in [-0.2, 0) is 9.59 Å². The SMILES string of the molecule is NC(=O)C1=C(C(N)=O)c2cccc1c2. The van der Waals surface area contributed by atoms with Crippen LogP contribution in [0.1, 0.15) is 11.1 Å². The first-order valence-electron chi connectivity index (χ1n) is 4.06. The molecule has 1 aromatic rings. The van der Waals surface area contributed by atoms with Crippen molar-refractivity contribution in [2.75, 3.05) is 0 Å². The second-order valence-electron chi connectivity index (χ2n) is 3.06. The molecular weight excluding hydrogens is 180 g/mol. The number of amides is 2. The molecule has 0 atom stereocenters. The molecule has 4 heteroatoms. The fraction of sp³-hybridized carbons (Fsp3) is 0. The summed E-state index contributed by atoms with van der Waals surface area (Å²) in [6.45, 7) is 0. The van der Waals surface area contributed by atoms with Crippen molar-refractivity contribution in [1.29, 1.82) is 0 Å². The van der Waals surface area contributed by atoms with Gasteiger partial charge in [0.25, 0.3) is 0 Å². The van der Waals surface area contributed by atoms with E-state index in [2.05, 4.69) is 0 Å². The Morgan fingerprint density at radius 3 is 1.71 bits per heavy atom. The van der Waals surface area contributed by atoms with E-state index in [1.54, 1.807) is 24.3 Å². The van der Waals surface area contributed by atoms with Gasteiger partial charge in [0.15, 0.2) is 0 Å². The molecule has 4 nitrogen and oxygen atoms in total. The molecule has 0 aromatic heterocycles. The quantitative estimate of drug-likeness (QED) is 0.678. The molecule has 0 aliphatic heterocycles. The predicted octanol–water partition coefficient (Wildman–Crippen LogP) is -0.119. The van der Waals surface area contributed by atoms with Crippen molar-refractivity contribution in [3.8, 4) is 0 Å². The minimum atomic E-state index is -0.625. The zero-order valence-electron chi connectivity index (χ0n) is 7.28. The van der Waals surface area contributed by atoms with Gasteiger partial charge in [-0.3, -0.25) is 9.59 Å². The number of carbonyl (C=O) groups excluding carboxylic acids is 2. The first-order chi connectivity index (χ1) is 6.61. The molecule has 0 fully saturated rings. The molecule has 0 spiro atoms. The van der Waals surface area contributed by atoms with Crippen LogP contribution in [0.4, 0.5) is 0 Å². The molecule has 0 saturated heterocycles. The van der Waals surface area contributed by atoms with E-state index in [0.29, 0.717) is 11.1 Å². The smallest absolute Gasteiger partial charge is 0.250 e. The molecule has 2 rings (SSSR count). The van der Waals surface area contributed by atoms with Gasteiger partial charge in [0, 0.05) is 0 Å². The third-order valence-corrected chi connectivity index (χ3v) is 2.18. The fourth-order valence-electron chi connectivity index (χ4n) is 1.65. The van der Waals surface area contributed by atoms with Crippen molar-refractivity contribution >= 4 is 23.0 Å². The molecule has 1 aromatic carbocycles. The van der Waals surface area contributed by atoms with E-state index < -0.39 is 11.8 Å². The minimum Gasteiger partial charge on any atom is -0.366 e. The second kappa shape index (κ2) is 2.70. The molecule has 0 unspecified atom stereocenters. The normalized spacial score (nSPS) is 13.1. The van der Waals surface area contributed by atoms with Crippen molar-refractivity contribution in [2.45, 2.75) is 0 Å². The molecule has 0 radical (unpaired) electrons. The summed E-state index contributed by atoms with van der Waals surface area (Å²) in [5, 5.41) is 0. The van der Waals surface area contributed by atoms with Gasteiger partial charge in [-0.1, -0.05) is 18.2 Å². The van der Waals surface area contributed by atoms with Gasteiger partial charge >= 0.3 is 0 Å². The number of carbonyl (C=O) groups is 2. The Morgan fingerprint density at radius 2 is 1.36 bits per heavy atom.